The summed E-state index contributed by atoms with van der Waals surface area (Å²) in [5, 5.41) is 7.71. The van der Waals surface area contributed by atoms with Crippen LogP contribution in [0.15, 0.2) is 52.6 Å². The van der Waals surface area contributed by atoms with Gasteiger partial charge in [0.15, 0.2) is 5.76 Å². The fraction of sp³-hybridized carbons (Fsp3) is 0.286. The summed E-state index contributed by atoms with van der Waals surface area (Å²) in [6, 6.07) is 9.25. The third-order valence-electron chi connectivity index (χ3n) is 4.77. The summed E-state index contributed by atoms with van der Waals surface area (Å²) in [5.74, 6) is 0.806. The summed E-state index contributed by atoms with van der Waals surface area (Å²) in [5.41, 5.74) is 2.05. The van der Waals surface area contributed by atoms with Gasteiger partial charge in [-0.15, -0.1) is 11.3 Å². The highest BCUT2D eigenvalue weighted by molar-refractivity contribution is 7.10. The maximum Gasteiger partial charge on any atom is 0.286 e. The summed E-state index contributed by atoms with van der Waals surface area (Å²) in [6.45, 7) is 2.24. The van der Waals surface area contributed by atoms with Crippen LogP contribution in [0.1, 0.15) is 33.8 Å². The average molecular weight is 410 g/mol. The van der Waals surface area contributed by atoms with Crippen molar-refractivity contribution in [2.45, 2.75) is 25.8 Å². The van der Waals surface area contributed by atoms with E-state index in [0.717, 1.165) is 25.3 Å². The first-order valence-electron chi connectivity index (χ1n) is 9.57. The second-order valence-electron chi connectivity index (χ2n) is 6.83. The molecule has 3 aromatic heterocycles. The predicted octanol–water partition coefficient (Wildman–Crippen LogP) is 3.45. The fourth-order valence-corrected chi connectivity index (χ4v) is 4.15. The molecular formula is C21H22N4O3S. The molecule has 8 heteroatoms. The van der Waals surface area contributed by atoms with Gasteiger partial charge in [0.1, 0.15) is 5.82 Å². The number of nitrogens with one attached hydrogen (secondary N) is 2. The summed E-state index contributed by atoms with van der Waals surface area (Å²) in [7, 11) is 0. The van der Waals surface area contributed by atoms with Crippen molar-refractivity contribution in [3.05, 3.63) is 64.4 Å². The van der Waals surface area contributed by atoms with Crippen LogP contribution in [0.5, 0.6) is 0 Å². The van der Waals surface area contributed by atoms with Gasteiger partial charge in [-0.05, 0) is 54.1 Å². The molecule has 0 atom stereocenters. The third-order valence-corrected chi connectivity index (χ3v) is 5.80. The molecule has 29 heavy (non-hydrogen) atoms. The zero-order valence-electron chi connectivity index (χ0n) is 15.9. The van der Waals surface area contributed by atoms with Crippen LogP contribution in [-0.4, -0.2) is 29.9 Å². The Kier molecular flexibility index (Phi) is 5.90. The number of carbonyl (C=O) groups excluding carboxylic acids is 2. The van der Waals surface area contributed by atoms with Crippen LogP contribution in [0.25, 0.3) is 0 Å². The molecule has 0 unspecified atom stereocenters. The second-order valence-corrected chi connectivity index (χ2v) is 7.83. The predicted molar refractivity (Wildman–Crippen MR) is 112 cm³/mol. The Morgan fingerprint density at radius 3 is 2.97 bits per heavy atom. The van der Waals surface area contributed by atoms with Crippen LogP contribution in [0.3, 0.4) is 0 Å². The van der Waals surface area contributed by atoms with E-state index in [1.165, 1.54) is 16.7 Å². The molecular weight excluding hydrogens is 388 g/mol. The second kappa shape index (κ2) is 8.91. The maximum atomic E-state index is 12.1. The van der Waals surface area contributed by atoms with Crippen LogP contribution in [-0.2, 0) is 17.8 Å². The van der Waals surface area contributed by atoms with E-state index in [2.05, 4.69) is 32.0 Å². The lowest BCUT2D eigenvalue weighted by atomic mass is 10.1. The van der Waals surface area contributed by atoms with E-state index in [-0.39, 0.29) is 17.6 Å². The number of nitrogens with zero attached hydrogens (tertiary/aromatic N) is 2. The highest BCUT2D eigenvalue weighted by atomic mass is 32.1. The normalized spacial score (nSPS) is 13.0. The minimum Gasteiger partial charge on any atom is -0.459 e. The Hall–Kier alpha value is -3.13. The lowest BCUT2D eigenvalue weighted by Crippen LogP contribution is -2.30. The SMILES string of the molecule is O=C(CCCNC(=O)c1ccco1)Nc1ccc(N2CCc3sccc3C2)nc1. The molecule has 7 nitrogen and oxygen atoms in total. The summed E-state index contributed by atoms with van der Waals surface area (Å²) < 4.78 is 5.02. The number of pyridine rings is 1. The van der Waals surface area contributed by atoms with Gasteiger partial charge < -0.3 is 20.0 Å². The number of hydrogen-bond acceptors (Lipinski definition) is 6. The monoisotopic (exact) mass is 410 g/mol. The Labute approximate surface area is 172 Å². The number of carbonyl (C=O) groups is 2. The van der Waals surface area contributed by atoms with Crippen molar-refractivity contribution in [2.75, 3.05) is 23.3 Å². The highest BCUT2D eigenvalue weighted by Gasteiger charge is 2.18. The molecule has 4 rings (SSSR count). The summed E-state index contributed by atoms with van der Waals surface area (Å²) >= 11 is 1.82. The third kappa shape index (κ3) is 4.83. The molecule has 0 radical (unpaired) electrons. The molecule has 3 aromatic rings. The first-order valence-corrected chi connectivity index (χ1v) is 10.4. The Balaban J connectivity index is 1.20. The number of fused-ring (bicyclic) bond motifs is 1. The molecule has 2 N–H and O–H groups in total. The number of amides is 2. The lowest BCUT2D eigenvalue weighted by molar-refractivity contribution is -0.116. The maximum absolute atomic E-state index is 12.1. The van der Waals surface area contributed by atoms with Crippen molar-refractivity contribution in [3.8, 4) is 0 Å². The minimum atomic E-state index is -0.275. The Bertz CT molecular complexity index is 966. The first-order chi connectivity index (χ1) is 14.2. The van der Waals surface area contributed by atoms with E-state index in [1.807, 2.05) is 23.5 Å². The van der Waals surface area contributed by atoms with Gasteiger partial charge in [0, 0.05) is 30.9 Å². The van der Waals surface area contributed by atoms with Gasteiger partial charge in [0.25, 0.3) is 5.91 Å². The standard InChI is InChI=1S/C21H22N4O3S/c26-20(4-1-9-22-21(27)17-3-2-11-28-17)24-16-5-6-19(23-13-16)25-10-7-18-15(14-25)8-12-29-18/h2-3,5-6,8,11-13H,1,4,7,9-10,14H2,(H,22,27)(H,24,26). The number of thiophene rings is 1. The smallest absolute Gasteiger partial charge is 0.286 e. The quantitative estimate of drug-likeness (QED) is 0.583. The van der Waals surface area contributed by atoms with Gasteiger partial charge in [0.2, 0.25) is 5.91 Å². The number of hydrogen-bond donors (Lipinski definition) is 2. The molecule has 0 fully saturated rings. The number of furan rings is 1. The van der Waals surface area contributed by atoms with Crippen LogP contribution in [0, 0.1) is 0 Å². The molecule has 150 valence electrons. The average Bonchev–Trinajstić information content (AvgIpc) is 3.43. The van der Waals surface area contributed by atoms with E-state index < -0.39 is 0 Å². The molecule has 0 bridgehead atoms. The van der Waals surface area contributed by atoms with Gasteiger partial charge in [-0.2, -0.15) is 0 Å². The lowest BCUT2D eigenvalue weighted by Gasteiger charge is -2.28. The van der Waals surface area contributed by atoms with Gasteiger partial charge in [0.05, 0.1) is 18.1 Å². The van der Waals surface area contributed by atoms with Crippen LogP contribution >= 0.6 is 11.3 Å². The number of anilines is 2. The van der Waals surface area contributed by atoms with E-state index in [4.69, 9.17) is 4.42 Å². The van der Waals surface area contributed by atoms with E-state index in [0.29, 0.717) is 25.1 Å². The zero-order chi connectivity index (χ0) is 20.1. The molecule has 0 saturated carbocycles. The Morgan fingerprint density at radius 2 is 2.17 bits per heavy atom. The first kappa shape index (κ1) is 19.2. The van der Waals surface area contributed by atoms with Crippen molar-refractivity contribution in [2.24, 2.45) is 0 Å². The summed E-state index contributed by atoms with van der Waals surface area (Å²) in [4.78, 5) is 32.1. The van der Waals surface area contributed by atoms with Crippen molar-refractivity contribution >= 4 is 34.7 Å². The highest BCUT2D eigenvalue weighted by Crippen LogP contribution is 2.27. The molecule has 0 aromatic carbocycles. The zero-order valence-corrected chi connectivity index (χ0v) is 16.7. The Morgan fingerprint density at radius 1 is 1.24 bits per heavy atom. The van der Waals surface area contributed by atoms with Crippen molar-refractivity contribution in [1.82, 2.24) is 10.3 Å². The van der Waals surface area contributed by atoms with Crippen LogP contribution in [0.4, 0.5) is 11.5 Å². The molecule has 4 heterocycles. The number of aromatic nitrogens is 1. The minimum absolute atomic E-state index is 0.104. The molecule has 0 saturated heterocycles. The van der Waals surface area contributed by atoms with Gasteiger partial charge in [-0.25, -0.2) is 4.98 Å². The molecule has 1 aliphatic heterocycles. The van der Waals surface area contributed by atoms with E-state index >= 15 is 0 Å². The van der Waals surface area contributed by atoms with Crippen LogP contribution in [0.2, 0.25) is 0 Å². The van der Waals surface area contributed by atoms with Gasteiger partial charge in [-0.1, -0.05) is 0 Å². The van der Waals surface area contributed by atoms with Crippen LogP contribution < -0.4 is 15.5 Å². The summed E-state index contributed by atoms with van der Waals surface area (Å²) in [6.07, 6.45) is 5.04. The topological polar surface area (TPSA) is 87.5 Å². The van der Waals surface area contributed by atoms with Crippen molar-refractivity contribution in [3.63, 3.8) is 0 Å². The molecule has 0 spiro atoms. The molecule has 1 aliphatic rings. The largest absolute Gasteiger partial charge is 0.459 e. The van der Waals surface area contributed by atoms with Crippen molar-refractivity contribution < 1.29 is 14.0 Å². The van der Waals surface area contributed by atoms with E-state index in [1.54, 1.807) is 18.3 Å². The number of rotatable bonds is 7. The van der Waals surface area contributed by atoms with E-state index in [9.17, 15) is 9.59 Å². The van der Waals surface area contributed by atoms with Gasteiger partial charge in [-0.3, -0.25) is 9.59 Å². The van der Waals surface area contributed by atoms with Crippen molar-refractivity contribution in [1.29, 1.82) is 0 Å². The van der Waals surface area contributed by atoms with Gasteiger partial charge >= 0.3 is 0 Å². The molecule has 0 aliphatic carbocycles. The molecule has 2 amide bonds. The fourth-order valence-electron chi connectivity index (χ4n) is 3.26.